The Hall–Kier alpha value is -1.57. The van der Waals surface area contributed by atoms with Crippen molar-refractivity contribution in [2.75, 3.05) is 0 Å². The van der Waals surface area contributed by atoms with Crippen LogP contribution in [0.2, 0.25) is 0 Å². The summed E-state index contributed by atoms with van der Waals surface area (Å²) in [6.45, 7) is -0.145. The molecule has 0 saturated carbocycles. The lowest BCUT2D eigenvalue weighted by molar-refractivity contribution is 0.283. The molecule has 1 aromatic carbocycles. The van der Waals surface area contributed by atoms with Crippen molar-refractivity contribution < 1.29 is 10.2 Å². The average molecular weight is 205 g/mol. The summed E-state index contributed by atoms with van der Waals surface area (Å²) in [5.74, 6) is 0.174. The number of fused-ring (bicyclic) bond motifs is 1. The van der Waals surface area contributed by atoms with Crippen LogP contribution >= 0.6 is 11.3 Å². The van der Waals surface area contributed by atoms with Crippen LogP contribution in [0, 0.1) is 11.3 Å². The molecule has 0 fully saturated rings. The van der Waals surface area contributed by atoms with Gasteiger partial charge in [-0.15, -0.1) is 11.3 Å². The summed E-state index contributed by atoms with van der Waals surface area (Å²) in [4.78, 5) is 0.508. The van der Waals surface area contributed by atoms with E-state index in [9.17, 15) is 5.11 Å². The fraction of sp³-hybridized carbons (Fsp3) is 0.100. The number of aromatic hydroxyl groups is 1. The molecular weight excluding hydrogens is 198 g/mol. The average Bonchev–Trinajstić information content (AvgIpc) is 2.54. The SMILES string of the molecule is N#Cc1sc2cc(O)ccc2c1CO. The molecule has 70 valence electrons. The smallest absolute Gasteiger partial charge is 0.117 e. The summed E-state index contributed by atoms with van der Waals surface area (Å²) < 4.78 is 0.825. The lowest BCUT2D eigenvalue weighted by Gasteiger charge is -1.94. The first kappa shape index (κ1) is 9.00. The van der Waals surface area contributed by atoms with E-state index < -0.39 is 0 Å². The summed E-state index contributed by atoms with van der Waals surface area (Å²) in [6, 6.07) is 6.90. The van der Waals surface area contributed by atoms with Gasteiger partial charge in [-0.05, 0) is 23.6 Å². The van der Waals surface area contributed by atoms with Crippen LogP contribution in [-0.2, 0) is 6.61 Å². The lowest BCUT2D eigenvalue weighted by Crippen LogP contribution is -1.82. The van der Waals surface area contributed by atoms with E-state index >= 15 is 0 Å². The summed E-state index contributed by atoms with van der Waals surface area (Å²) in [7, 11) is 0. The highest BCUT2D eigenvalue weighted by Gasteiger charge is 2.10. The second-order valence-corrected chi connectivity index (χ2v) is 3.91. The third-order valence-electron chi connectivity index (χ3n) is 2.04. The van der Waals surface area contributed by atoms with Crippen LogP contribution < -0.4 is 0 Å². The summed E-state index contributed by atoms with van der Waals surface area (Å²) in [6.07, 6.45) is 0. The zero-order chi connectivity index (χ0) is 10.1. The van der Waals surface area contributed by atoms with E-state index in [4.69, 9.17) is 10.4 Å². The number of aliphatic hydroxyl groups excluding tert-OH is 1. The van der Waals surface area contributed by atoms with Gasteiger partial charge in [0.15, 0.2) is 0 Å². The maximum atomic E-state index is 9.24. The number of nitriles is 1. The molecule has 1 aromatic heterocycles. The van der Waals surface area contributed by atoms with Crippen molar-refractivity contribution in [2.24, 2.45) is 0 Å². The van der Waals surface area contributed by atoms with Gasteiger partial charge in [0.05, 0.1) is 6.61 Å². The van der Waals surface area contributed by atoms with Gasteiger partial charge in [0, 0.05) is 10.3 Å². The highest BCUT2D eigenvalue weighted by Crippen LogP contribution is 2.32. The van der Waals surface area contributed by atoms with Crippen molar-refractivity contribution in [3.05, 3.63) is 28.6 Å². The molecule has 2 aromatic rings. The number of nitrogens with zero attached hydrogens (tertiary/aromatic N) is 1. The van der Waals surface area contributed by atoms with Crippen molar-refractivity contribution in [2.45, 2.75) is 6.61 Å². The first-order chi connectivity index (χ1) is 6.76. The van der Waals surface area contributed by atoms with E-state index in [0.717, 1.165) is 10.1 Å². The van der Waals surface area contributed by atoms with E-state index in [0.29, 0.717) is 10.4 Å². The van der Waals surface area contributed by atoms with E-state index in [1.54, 1.807) is 18.2 Å². The van der Waals surface area contributed by atoms with Crippen molar-refractivity contribution >= 4 is 21.4 Å². The molecule has 0 amide bonds. The Morgan fingerprint density at radius 2 is 2.21 bits per heavy atom. The van der Waals surface area contributed by atoms with E-state index in [2.05, 4.69) is 0 Å². The van der Waals surface area contributed by atoms with Crippen LogP contribution in [0.15, 0.2) is 18.2 Å². The fourth-order valence-electron chi connectivity index (χ4n) is 1.39. The van der Waals surface area contributed by atoms with Gasteiger partial charge >= 0.3 is 0 Å². The van der Waals surface area contributed by atoms with Crippen LogP contribution in [0.3, 0.4) is 0 Å². The van der Waals surface area contributed by atoms with Crippen LogP contribution in [0.25, 0.3) is 10.1 Å². The summed E-state index contributed by atoms with van der Waals surface area (Å²) in [5.41, 5.74) is 0.646. The van der Waals surface area contributed by atoms with E-state index in [-0.39, 0.29) is 12.4 Å². The van der Waals surface area contributed by atoms with Crippen LogP contribution in [0.5, 0.6) is 5.75 Å². The molecule has 0 unspecified atom stereocenters. The predicted octanol–water partition coefficient (Wildman–Crippen LogP) is 1.97. The Morgan fingerprint density at radius 1 is 1.43 bits per heavy atom. The zero-order valence-electron chi connectivity index (χ0n) is 7.19. The number of rotatable bonds is 1. The number of phenols is 1. The molecule has 0 radical (unpaired) electrons. The van der Waals surface area contributed by atoms with Gasteiger partial charge in [-0.1, -0.05) is 0 Å². The van der Waals surface area contributed by atoms with Crippen LogP contribution in [0.4, 0.5) is 0 Å². The minimum atomic E-state index is -0.145. The number of hydrogen-bond donors (Lipinski definition) is 2. The number of hydrogen-bond acceptors (Lipinski definition) is 4. The van der Waals surface area contributed by atoms with E-state index in [1.807, 2.05) is 6.07 Å². The molecule has 3 nitrogen and oxygen atoms in total. The van der Waals surface area contributed by atoms with Crippen molar-refractivity contribution in [3.8, 4) is 11.8 Å². The second kappa shape index (κ2) is 3.29. The minimum absolute atomic E-state index is 0.145. The third-order valence-corrected chi connectivity index (χ3v) is 3.14. The van der Waals surface area contributed by atoms with Gasteiger partial charge < -0.3 is 10.2 Å². The van der Waals surface area contributed by atoms with Gasteiger partial charge in [-0.2, -0.15) is 5.26 Å². The molecule has 0 aliphatic rings. The Labute approximate surface area is 84.5 Å². The maximum absolute atomic E-state index is 9.24. The monoisotopic (exact) mass is 205 g/mol. The molecular formula is C10H7NO2S. The minimum Gasteiger partial charge on any atom is -0.508 e. The number of benzene rings is 1. The molecule has 0 atom stereocenters. The molecule has 1 heterocycles. The predicted molar refractivity (Wildman–Crippen MR) is 54.1 cm³/mol. The number of thiophene rings is 1. The third kappa shape index (κ3) is 1.23. The molecule has 0 aliphatic carbocycles. The summed E-state index contributed by atoms with van der Waals surface area (Å²) >= 11 is 1.28. The standard InChI is InChI=1S/C10H7NO2S/c11-4-10-8(5-12)7-2-1-6(13)3-9(7)14-10/h1-3,12-13H,5H2. The van der Waals surface area contributed by atoms with Gasteiger partial charge in [0.2, 0.25) is 0 Å². The molecule has 0 spiro atoms. The Morgan fingerprint density at radius 3 is 2.86 bits per heavy atom. The highest BCUT2D eigenvalue weighted by molar-refractivity contribution is 7.19. The maximum Gasteiger partial charge on any atom is 0.117 e. The Balaban J connectivity index is 2.81. The first-order valence-electron chi connectivity index (χ1n) is 4.01. The normalized spacial score (nSPS) is 10.3. The molecule has 2 N–H and O–H groups in total. The molecule has 0 aliphatic heterocycles. The van der Waals surface area contributed by atoms with Crippen molar-refractivity contribution in [3.63, 3.8) is 0 Å². The van der Waals surface area contributed by atoms with Gasteiger partial charge in [0.1, 0.15) is 16.7 Å². The second-order valence-electron chi connectivity index (χ2n) is 2.86. The topological polar surface area (TPSA) is 64.2 Å². The van der Waals surface area contributed by atoms with Gasteiger partial charge in [-0.3, -0.25) is 0 Å². The molecule has 2 rings (SSSR count). The molecule has 0 bridgehead atoms. The van der Waals surface area contributed by atoms with Crippen molar-refractivity contribution in [1.29, 1.82) is 5.26 Å². The molecule has 0 saturated heterocycles. The number of aliphatic hydroxyl groups is 1. The number of phenolic OH excluding ortho intramolecular Hbond substituents is 1. The lowest BCUT2D eigenvalue weighted by atomic mass is 10.1. The molecule has 14 heavy (non-hydrogen) atoms. The molecule has 4 heteroatoms. The largest absolute Gasteiger partial charge is 0.508 e. The Kier molecular flexibility index (Phi) is 2.12. The summed E-state index contributed by atoms with van der Waals surface area (Å²) in [5, 5.41) is 28.0. The van der Waals surface area contributed by atoms with Gasteiger partial charge in [-0.25, -0.2) is 0 Å². The van der Waals surface area contributed by atoms with Crippen LogP contribution in [0.1, 0.15) is 10.4 Å². The first-order valence-corrected chi connectivity index (χ1v) is 4.83. The highest BCUT2D eigenvalue weighted by atomic mass is 32.1. The zero-order valence-corrected chi connectivity index (χ0v) is 8.01. The quantitative estimate of drug-likeness (QED) is 0.748. The van der Waals surface area contributed by atoms with Gasteiger partial charge in [0.25, 0.3) is 0 Å². The van der Waals surface area contributed by atoms with E-state index in [1.165, 1.54) is 11.3 Å². The Bertz CT molecular complexity index is 525. The van der Waals surface area contributed by atoms with Crippen molar-refractivity contribution in [1.82, 2.24) is 0 Å². The fourth-order valence-corrected chi connectivity index (χ4v) is 2.43. The van der Waals surface area contributed by atoms with Crippen LogP contribution in [-0.4, -0.2) is 10.2 Å².